The van der Waals surface area contributed by atoms with Crippen LogP contribution in [0.5, 0.6) is 11.5 Å². The molecule has 0 aliphatic carbocycles. The molecule has 174 valence electrons. The number of rotatable bonds is 8. The quantitative estimate of drug-likeness (QED) is 0.383. The first-order valence-electron chi connectivity index (χ1n) is 10.1. The summed E-state index contributed by atoms with van der Waals surface area (Å²) in [6.45, 7) is 0.702. The molecule has 3 aromatic rings. The second-order valence-electron chi connectivity index (χ2n) is 7.17. The van der Waals surface area contributed by atoms with Crippen molar-refractivity contribution in [3.63, 3.8) is 0 Å². The van der Waals surface area contributed by atoms with Crippen molar-refractivity contribution in [1.29, 1.82) is 0 Å². The minimum atomic E-state index is -0.494. The number of thiazole rings is 1. The molecule has 2 aromatic carbocycles. The molecule has 10 heteroatoms. The Labute approximate surface area is 205 Å². The molecule has 33 heavy (non-hydrogen) atoms. The van der Waals surface area contributed by atoms with Crippen LogP contribution in [-0.4, -0.2) is 51.7 Å². The van der Waals surface area contributed by atoms with Gasteiger partial charge in [-0.05, 0) is 30.3 Å². The highest BCUT2D eigenvalue weighted by atomic mass is 35.5. The van der Waals surface area contributed by atoms with Crippen LogP contribution in [0, 0.1) is 0 Å². The van der Waals surface area contributed by atoms with Crippen LogP contribution in [0.25, 0.3) is 10.6 Å². The van der Waals surface area contributed by atoms with E-state index in [1.807, 2.05) is 12.1 Å². The molecule has 0 saturated carbocycles. The molecular formula is C23H22Cl2N2O5S. The Kier molecular flexibility index (Phi) is 7.41. The molecule has 0 saturated heterocycles. The zero-order chi connectivity index (χ0) is 23.5. The van der Waals surface area contributed by atoms with Gasteiger partial charge in [-0.2, -0.15) is 0 Å². The summed E-state index contributed by atoms with van der Waals surface area (Å²) in [6.07, 6.45) is 0.137. The second-order valence-corrected chi connectivity index (χ2v) is 9.02. The number of anilines is 1. The summed E-state index contributed by atoms with van der Waals surface area (Å²) in [5.41, 5.74) is 2.25. The molecule has 0 fully saturated rings. The van der Waals surface area contributed by atoms with Crippen molar-refractivity contribution in [3.05, 3.63) is 57.0 Å². The summed E-state index contributed by atoms with van der Waals surface area (Å²) in [6, 6.07) is 10.6. The molecule has 0 unspecified atom stereocenters. The molecule has 0 N–H and O–H groups in total. The number of carbonyl (C=O) groups excluding carboxylic acids is 1. The maximum atomic E-state index is 13.3. The van der Waals surface area contributed by atoms with Crippen LogP contribution in [0.4, 0.5) is 5.69 Å². The summed E-state index contributed by atoms with van der Waals surface area (Å²) in [5, 5.41) is 1.75. The van der Waals surface area contributed by atoms with Crippen molar-refractivity contribution in [2.75, 3.05) is 39.4 Å². The number of nitrogens with zero attached hydrogens (tertiary/aromatic N) is 2. The zero-order valence-electron chi connectivity index (χ0n) is 18.3. The van der Waals surface area contributed by atoms with E-state index in [-0.39, 0.29) is 12.5 Å². The fraction of sp³-hybridized carbons (Fsp3) is 0.304. The van der Waals surface area contributed by atoms with Gasteiger partial charge in [-0.1, -0.05) is 23.2 Å². The van der Waals surface area contributed by atoms with Crippen molar-refractivity contribution in [1.82, 2.24) is 4.98 Å². The Morgan fingerprint density at radius 3 is 2.58 bits per heavy atom. The largest absolute Gasteiger partial charge is 0.493 e. The summed E-state index contributed by atoms with van der Waals surface area (Å²) in [5.74, 6) is 0.928. The topological polar surface area (TPSA) is 70.1 Å². The summed E-state index contributed by atoms with van der Waals surface area (Å²) < 4.78 is 21.5. The second kappa shape index (κ2) is 10.3. The normalized spacial score (nSPS) is 13.4. The lowest BCUT2D eigenvalue weighted by Gasteiger charge is -2.26. The summed E-state index contributed by atoms with van der Waals surface area (Å²) in [7, 11) is 4.64. The van der Waals surface area contributed by atoms with E-state index in [4.69, 9.17) is 42.1 Å². The lowest BCUT2D eigenvalue weighted by molar-refractivity contribution is -0.122. The molecule has 4 rings (SSSR count). The molecule has 0 atom stereocenters. The molecule has 1 aliphatic heterocycles. The number of hydrogen-bond acceptors (Lipinski definition) is 7. The smallest absolute Gasteiger partial charge is 0.270 e. The average Bonchev–Trinajstić information content (AvgIpc) is 3.25. The third-order valence-corrected chi connectivity index (χ3v) is 6.90. The van der Waals surface area contributed by atoms with Crippen LogP contribution in [0.1, 0.15) is 15.4 Å². The summed E-state index contributed by atoms with van der Waals surface area (Å²) in [4.78, 5) is 20.3. The van der Waals surface area contributed by atoms with E-state index in [1.54, 1.807) is 50.5 Å². The minimum absolute atomic E-state index is 0.111. The fourth-order valence-corrected chi connectivity index (χ4v) is 5.14. The standard InChI is InChI=1S/C23H22Cl2N2O5S/c1-29-19-11-14(5-7-18(19)32-12-20(30-2)31-3)27-9-8-17-21(23(27)28)33-22(26-17)15-6-4-13(24)10-16(15)25/h4-7,10-11,20H,8-9,12H2,1-3H3. The number of amides is 1. The molecule has 0 spiro atoms. The molecular weight excluding hydrogens is 487 g/mol. The Bertz CT molecular complexity index is 1170. The van der Waals surface area contributed by atoms with Crippen molar-refractivity contribution in [2.45, 2.75) is 12.7 Å². The van der Waals surface area contributed by atoms with E-state index in [2.05, 4.69) is 4.98 Å². The predicted molar refractivity (Wildman–Crippen MR) is 129 cm³/mol. The SMILES string of the molecule is COc1cc(N2CCc3nc(-c4ccc(Cl)cc4Cl)sc3C2=O)ccc1OCC(OC)OC. The van der Waals surface area contributed by atoms with Crippen LogP contribution in [0.15, 0.2) is 36.4 Å². The van der Waals surface area contributed by atoms with E-state index in [1.165, 1.54) is 11.3 Å². The molecule has 1 aliphatic rings. The monoisotopic (exact) mass is 508 g/mol. The highest BCUT2D eigenvalue weighted by Crippen LogP contribution is 2.38. The highest BCUT2D eigenvalue weighted by Gasteiger charge is 2.30. The van der Waals surface area contributed by atoms with Gasteiger partial charge in [0, 0.05) is 49.5 Å². The summed E-state index contributed by atoms with van der Waals surface area (Å²) >= 11 is 13.7. The number of fused-ring (bicyclic) bond motifs is 1. The van der Waals surface area contributed by atoms with Gasteiger partial charge in [0.2, 0.25) is 0 Å². The minimum Gasteiger partial charge on any atom is -0.493 e. The van der Waals surface area contributed by atoms with Crippen LogP contribution < -0.4 is 14.4 Å². The average molecular weight is 509 g/mol. The van der Waals surface area contributed by atoms with Gasteiger partial charge in [-0.15, -0.1) is 11.3 Å². The van der Waals surface area contributed by atoms with E-state index in [0.717, 1.165) is 11.3 Å². The first-order valence-corrected chi connectivity index (χ1v) is 11.7. The number of methoxy groups -OCH3 is 3. The van der Waals surface area contributed by atoms with E-state index in [9.17, 15) is 4.79 Å². The van der Waals surface area contributed by atoms with Gasteiger partial charge in [0.25, 0.3) is 5.91 Å². The van der Waals surface area contributed by atoms with Gasteiger partial charge in [-0.25, -0.2) is 4.98 Å². The van der Waals surface area contributed by atoms with Crippen LogP contribution in [-0.2, 0) is 15.9 Å². The zero-order valence-corrected chi connectivity index (χ0v) is 20.6. The predicted octanol–water partition coefficient (Wildman–Crippen LogP) is 5.33. The molecule has 0 radical (unpaired) electrons. The molecule has 0 bridgehead atoms. The van der Waals surface area contributed by atoms with Gasteiger partial charge >= 0.3 is 0 Å². The molecule has 7 nitrogen and oxygen atoms in total. The lowest BCUT2D eigenvalue weighted by Crippen LogP contribution is -2.36. The number of hydrogen-bond donors (Lipinski definition) is 0. The van der Waals surface area contributed by atoms with E-state index in [0.29, 0.717) is 50.1 Å². The van der Waals surface area contributed by atoms with E-state index < -0.39 is 6.29 Å². The lowest BCUT2D eigenvalue weighted by atomic mass is 10.1. The number of aromatic nitrogens is 1. The third-order valence-electron chi connectivity index (χ3n) is 5.23. The highest BCUT2D eigenvalue weighted by molar-refractivity contribution is 7.17. The van der Waals surface area contributed by atoms with Gasteiger partial charge in [-0.3, -0.25) is 4.79 Å². The Morgan fingerprint density at radius 1 is 1.09 bits per heavy atom. The number of ether oxygens (including phenoxy) is 4. The van der Waals surface area contributed by atoms with Crippen LogP contribution in [0.2, 0.25) is 10.0 Å². The van der Waals surface area contributed by atoms with Crippen LogP contribution in [0.3, 0.4) is 0 Å². The first kappa shape index (κ1) is 23.8. The maximum Gasteiger partial charge on any atom is 0.270 e. The molecule has 1 aromatic heterocycles. The van der Waals surface area contributed by atoms with Gasteiger partial charge in [0.15, 0.2) is 17.8 Å². The first-order chi connectivity index (χ1) is 15.9. The van der Waals surface area contributed by atoms with E-state index >= 15 is 0 Å². The van der Waals surface area contributed by atoms with Gasteiger partial charge < -0.3 is 23.8 Å². The number of benzene rings is 2. The van der Waals surface area contributed by atoms with Crippen LogP contribution >= 0.6 is 34.5 Å². The number of halogens is 2. The van der Waals surface area contributed by atoms with Gasteiger partial charge in [0.1, 0.15) is 16.5 Å². The third kappa shape index (κ3) is 4.95. The Balaban J connectivity index is 1.57. The Morgan fingerprint density at radius 2 is 1.88 bits per heavy atom. The maximum absolute atomic E-state index is 13.3. The van der Waals surface area contributed by atoms with Gasteiger partial charge in [0.05, 0.1) is 17.8 Å². The van der Waals surface area contributed by atoms with Crippen molar-refractivity contribution in [2.24, 2.45) is 0 Å². The molecule has 2 heterocycles. The number of carbonyl (C=O) groups is 1. The molecule has 1 amide bonds. The van der Waals surface area contributed by atoms with Crippen molar-refractivity contribution < 1.29 is 23.7 Å². The Hall–Kier alpha value is -2.36. The van der Waals surface area contributed by atoms with Crippen molar-refractivity contribution >= 4 is 46.1 Å². The fourth-order valence-electron chi connectivity index (χ4n) is 3.49. The van der Waals surface area contributed by atoms with Crippen molar-refractivity contribution in [3.8, 4) is 22.1 Å².